The Morgan fingerprint density at radius 2 is 1.81 bits per heavy atom. The maximum absolute atomic E-state index is 13.1. The molecule has 0 bridgehead atoms. The molecule has 0 saturated heterocycles. The van der Waals surface area contributed by atoms with E-state index in [1.807, 2.05) is 52.0 Å². The lowest BCUT2D eigenvalue weighted by Gasteiger charge is -2.14. The van der Waals surface area contributed by atoms with Gasteiger partial charge in [-0.25, -0.2) is 4.98 Å². The number of hydrogen-bond donors (Lipinski definition) is 2. The number of carbonyl (C=O) groups is 2. The molecule has 0 radical (unpaired) electrons. The zero-order chi connectivity index (χ0) is 23.3. The highest BCUT2D eigenvalue weighted by Crippen LogP contribution is 2.16. The number of para-hydroxylation sites is 2. The van der Waals surface area contributed by atoms with Crippen molar-refractivity contribution in [2.45, 2.75) is 47.1 Å². The summed E-state index contributed by atoms with van der Waals surface area (Å²) in [5, 5.41) is 5.74. The van der Waals surface area contributed by atoms with Crippen LogP contribution in [0.1, 0.15) is 37.1 Å². The minimum Gasteiger partial charge on any atom is -0.356 e. The van der Waals surface area contributed by atoms with E-state index in [-0.39, 0.29) is 42.5 Å². The van der Waals surface area contributed by atoms with Crippen LogP contribution >= 0.6 is 0 Å². The fraction of sp³-hybridized carbons (Fsp3) is 0.360. The van der Waals surface area contributed by atoms with E-state index in [1.54, 1.807) is 18.2 Å². The quantitative estimate of drug-likeness (QED) is 0.569. The number of rotatable bonds is 8. The predicted molar refractivity (Wildman–Crippen MR) is 127 cm³/mol. The van der Waals surface area contributed by atoms with Crippen LogP contribution in [0.3, 0.4) is 0 Å². The van der Waals surface area contributed by atoms with E-state index in [2.05, 4.69) is 15.6 Å². The van der Waals surface area contributed by atoms with Crippen LogP contribution in [0.5, 0.6) is 0 Å². The highest BCUT2D eigenvalue weighted by atomic mass is 16.2. The van der Waals surface area contributed by atoms with Gasteiger partial charge in [-0.15, -0.1) is 0 Å². The van der Waals surface area contributed by atoms with Crippen molar-refractivity contribution in [3.63, 3.8) is 0 Å². The Hall–Kier alpha value is -3.48. The molecule has 0 aliphatic carbocycles. The van der Waals surface area contributed by atoms with Crippen molar-refractivity contribution in [2.24, 2.45) is 5.92 Å². The summed E-state index contributed by atoms with van der Waals surface area (Å²) in [7, 11) is 0. The SMILES string of the molecule is Cc1ccc(NC(=O)Cn2c(=O)c(CCC(=O)NCC(C)C)nc3ccccc32)c(C)c1. The Morgan fingerprint density at radius 3 is 2.53 bits per heavy atom. The number of benzene rings is 2. The zero-order valence-corrected chi connectivity index (χ0v) is 19.1. The second-order valence-electron chi connectivity index (χ2n) is 8.50. The summed E-state index contributed by atoms with van der Waals surface area (Å²) >= 11 is 0. The molecule has 0 aliphatic rings. The number of amides is 2. The van der Waals surface area contributed by atoms with Crippen molar-refractivity contribution in [3.05, 3.63) is 69.6 Å². The highest BCUT2D eigenvalue weighted by molar-refractivity contribution is 5.92. The summed E-state index contributed by atoms with van der Waals surface area (Å²) in [5.41, 5.74) is 3.91. The van der Waals surface area contributed by atoms with Gasteiger partial charge < -0.3 is 10.6 Å². The normalized spacial score (nSPS) is 11.0. The number of carbonyl (C=O) groups excluding carboxylic acids is 2. The number of anilines is 1. The van der Waals surface area contributed by atoms with E-state index in [9.17, 15) is 14.4 Å². The van der Waals surface area contributed by atoms with Gasteiger partial charge in [0, 0.05) is 25.1 Å². The molecular weight excluding hydrogens is 404 g/mol. The maximum atomic E-state index is 13.1. The topological polar surface area (TPSA) is 93.1 Å². The van der Waals surface area contributed by atoms with Crippen LogP contribution in [-0.4, -0.2) is 27.9 Å². The molecule has 2 N–H and O–H groups in total. The molecule has 0 atom stereocenters. The standard InChI is InChI=1S/C25H30N4O3/c1-16(2)14-26-23(30)12-11-21-25(32)29(22-8-6-5-7-20(22)27-21)15-24(31)28-19-10-9-17(3)13-18(19)4/h5-10,13,16H,11-12,14-15H2,1-4H3,(H,26,30)(H,28,31). The molecule has 0 fully saturated rings. The molecule has 0 saturated carbocycles. The molecule has 1 heterocycles. The molecule has 2 aromatic carbocycles. The third-order valence-electron chi connectivity index (χ3n) is 5.17. The van der Waals surface area contributed by atoms with E-state index < -0.39 is 0 Å². The Balaban J connectivity index is 1.83. The van der Waals surface area contributed by atoms with Crippen LogP contribution in [-0.2, 0) is 22.6 Å². The molecule has 1 aromatic heterocycles. The van der Waals surface area contributed by atoms with E-state index in [1.165, 1.54) is 4.57 Å². The lowest BCUT2D eigenvalue weighted by molar-refractivity contribution is -0.121. The molecule has 7 heteroatoms. The van der Waals surface area contributed by atoms with Crippen LogP contribution in [0.4, 0.5) is 5.69 Å². The van der Waals surface area contributed by atoms with Gasteiger partial charge in [-0.3, -0.25) is 19.0 Å². The lowest BCUT2D eigenvalue weighted by Crippen LogP contribution is -2.32. The summed E-state index contributed by atoms with van der Waals surface area (Å²) in [6.07, 6.45) is 0.383. The van der Waals surface area contributed by atoms with Gasteiger partial charge in [-0.2, -0.15) is 0 Å². The summed E-state index contributed by atoms with van der Waals surface area (Å²) in [6, 6.07) is 13.0. The third-order valence-corrected chi connectivity index (χ3v) is 5.17. The van der Waals surface area contributed by atoms with E-state index >= 15 is 0 Å². The van der Waals surface area contributed by atoms with Gasteiger partial charge in [0.1, 0.15) is 12.2 Å². The van der Waals surface area contributed by atoms with Gasteiger partial charge in [-0.05, 0) is 43.5 Å². The van der Waals surface area contributed by atoms with Crippen LogP contribution in [0.2, 0.25) is 0 Å². The fourth-order valence-electron chi connectivity index (χ4n) is 3.49. The fourth-order valence-corrected chi connectivity index (χ4v) is 3.49. The first kappa shape index (κ1) is 23.2. The second kappa shape index (κ2) is 10.2. The zero-order valence-electron chi connectivity index (χ0n) is 19.1. The molecule has 32 heavy (non-hydrogen) atoms. The van der Waals surface area contributed by atoms with Crippen molar-refractivity contribution >= 4 is 28.5 Å². The van der Waals surface area contributed by atoms with Crippen molar-refractivity contribution in [3.8, 4) is 0 Å². The Labute approximate surface area is 187 Å². The van der Waals surface area contributed by atoms with E-state index in [0.29, 0.717) is 29.2 Å². The molecule has 3 rings (SSSR count). The van der Waals surface area contributed by atoms with Gasteiger partial charge in [0.2, 0.25) is 11.8 Å². The van der Waals surface area contributed by atoms with Crippen LogP contribution < -0.4 is 16.2 Å². The van der Waals surface area contributed by atoms with Crippen molar-refractivity contribution in [2.75, 3.05) is 11.9 Å². The van der Waals surface area contributed by atoms with Gasteiger partial charge in [0.25, 0.3) is 5.56 Å². The van der Waals surface area contributed by atoms with E-state index in [0.717, 1.165) is 11.1 Å². The molecule has 0 aliphatic heterocycles. The monoisotopic (exact) mass is 434 g/mol. The van der Waals surface area contributed by atoms with Crippen molar-refractivity contribution in [1.29, 1.82) is 0 Å². The number of hydrogen-bond acceptors (Lipinski definition) is 4. The minimum atomic E-state index is -0.351. The van der Waals surface area contributed by atoms with Gasteiger partial charge in [0.05, 0.1) is 11.0 Å². The number of nitrogens with zero attached hydrogens (tertiary/aromatic N) is 2. The smallest absolute Gasteiger partial charge is 0.273 e. The molecule has 7 nitrogen and oxygen atoms in total. The lowest BCUT2D eigenvalue weighted by atomic mass is 10.1. The average Bonchev–Trinajstić information content (AvgIpc) is 2.75. The first-order valence-electron chi connectivity index (χ1n) is 10.9. The number of fused-ring (bicyclic) bond motifs is 1. The Morgan fingerprint density at radius 1 is 1.06 bits per heavy atom. The number of aryl methyl sites for hydroxylation is 3. The maximum Gasteiger partial charge on any atom is 0.273 e. The molecule has 0 spiro atoms. The number of nitrogens with one attached hydrogen (secondary N) is 2. The first-order chi connectivity index (χ1) is 15.2. The summed E-state index contributed by atoms with van der Waals surface area (Å²) in [4.78, 5) is 42.5. The van der Waals surface area contributed by atoms with Gasteiger partial charge >= 0.3 is 0 Å². The average molecular weight is 435 g/mol. The molecule has 168 valence electrons. The van der Waals surface area contributed by atoms with Gasteiger partial charge in [0.15, 0.2) is 0 Å². The highest BCUT2D eigenvalue weighted by Gasteiger charge is 2.15. The second-order valence-corrected chi connectivity index (χ2v) is 8.50. The molecule has 2 amide bonds. The predicted octanol–water partition coefficient (Wildman–Crippen LogP) is 3.36. The Kier molecular flexibility index (Phi) is 7.41. The van der Waals surface area contributed by atoms with Crippen LogP contribution in [0, 0.1) is 19.8 Å². The minimum absolute atomic E-state index is 0.118. The molecule has 0 unspecified atom stereocenters. The van der Waals surface area contributed by atoms with Crippen molar-refractivity contribution < 1.29 is 9.59 Å². The number of aromatic nitrogens is 2. The third kappa shape index (κ3) is 5.81. The largest absolute Gasteiger partial charge is 0.356 e. The van der Waals surface area contributed by atoms with Crippen molar-refractivity contribution in [1.82, 2.24) is 14.9 Å². The summed E-state index contributed by atoms with van der Waals surface area (Å²) in [5.74, 6) is -0.0612. The van der Waals surface area contributed by atoms with Crippen LogP contribution in [0.15, 0.2) is 47.3 Å². The van der Waals surface area contributed by atoms with Crippen LogP contribution in [0.25, 0.3) is 11.0 Å². The van der Waals surface area contributed by atoms with Gasteiger partial charge in [-0.1, -0.05) is 43.7 Å². The van der Waals surface area contributed by atoms with E-state index in [4.69, 9.17) is 0 Å². The summed E-state index contributed by atoms with van der Waals surface area (Å²) in [6.45, 7) is 8.42. The molecular formula is C25H30N4O3. The first-order valence-corrected chi connectivity index (χ1v) is 10.9. The molecule has 3 aromatic rings. The Bertz CT molecular complexity index is 1200. The summed E-state index contributed by atoms with van der Waals surface area (Å²) < 4.78 is 1.43.